The highest BCUT2D eigenvalue weighted by atomic mass is 16.5. The second-order valence-electron chi connectivity index (χ2n) is 8.90. The maximum atomic E-state index is 13.6. The molecule has 38 heavy (non-hydrogen) atoms. The van der Waals surface area contributed by atoms with Crippen LogP contribution in [0.5, 0.6) is 17.2 Å². The molecule has 3 N–H and O–H groups in total. The molecule has 5 rings (SSSR count). The van der Waals surface area contributed by atoms with Gasteiger partial charge in [0.05, 0.1) is 50.8 Å². The number of aromatic amines is 1. The molecule has 0 bridgehead atoms. The number of fused-ring (bicyclic) bond motifs is 2. The zero-order valence-electron chi connectivity index (χ0n) is 21.4. The van der Waals surface area contributed by atoms with Crippen molar-refractivity contribution >= 4 is 27.7 Å². The number of nitrogens with zero attached hydrogens (tertiary/aromatic N) is 1. The molecule has 2 aromatic heterocycles. The van der Waals surface area contributed by atoms with Gasteiger partial charge in [-0.1, -0.05) is 36.4 Å². The number of aliphatic hydroxyl groups is 1. The van der Waals surface area contributed by atoms with Gasteiger partial charge in [0.2, 0.25) is 5.75 Å². The summed E-state index contributed by atoms with van der Waals surface area (Å²) in [6.07, 6.45) is 2.40. The molecule has 0 spiro atoms. The molecule has 8 heteroatoms. The first-order chi connectivity index (χ1) is 18.6. The second kappa shape index (κ2) is 10.8. The number of benzene rings is 3. The summed E-state index contributed by atoms with van der Waals surface area (Å²) in [5, 5.41) is 14.9. The second-order valence-corrected chi connectivity index (χ2v) is 8.90. The van der Waals surface area contributed by atoms with Crippen LogP contribution in [0.2, 0.25) is 0 Å². The summed E-state index contributed by atoms with van der Waals surface area (Å²) in [6, 6.07) is 20.3. The Kier molecular flexibility index (Phi) is 7.15. The van der Waals surface area contributed by atoms with Gasteiger partial charge in [0.1, 0.15) is 0 Å². The fourth-order valence-electron chi connectivity index (χ4n) is 4.73. The number of rotatable bonds is 9. The molecule has 194 valence electrons. The third-order valence-corrected chi connectivity index (χ3v) is 6.62. The van der Waals surface area contributed by atoms with E-state index in [-0.39, 0.29) is 12.5 Å². The normalized spacial score (nSPS) is 11.9. The van der Waals surface area contributed by atoms with Crippen molar-refractivity contribution in [3.05, 3.63) is 84.1 Å². The van der Waals surface area contributed by atoms with Gasteiger partial charge in [-0.05, 0) is 42.3 Å². The summed E-state index contributed by atoms with van der Waals surface area (Å²) in [7, 11) is 4.65. The van der Waals surface area contributed by atoms with Crippen LogP contribution in [0.15, 0.2) is 72.9 Å². The Morgan fingerprint density at radius 1 is 0.947 bits per heavy atom. The Morgan fingerprint density at radius 2 is 1.63 bits per heavy atom. The first-order valence-corrected chi connectivity index (χ1v) is 12.2. The lowest BCUT2D eigenvalue weighted by Gasteiger charge is -2.18. The Labute approximate surface area is 220 Å². The van der Waals surface area contributed by atoms with Crippen molar-refractivity contribution < 1.29 is 24.1 Å². The summed E-state index contributed by atoms with van der Waals surface area (Å²) in [5.74, 6) is 1.15. The minimum absolute atomic E-state index is 0.200. The lowest BCUT2D eigenvalue weighted by molar-refractivity contribution is 0.0918. The number of hydrogen-bond donors (Lipinski definition) is 3. The molecular formula is C30H29N3O5. The highest BCUT2D eigenvalue weighted by Crippen LogP contribution is 2.41. The summed E-state index contributed by atoms with van der Waals surface area (Å²) in [4.78, 5) is 21.7. The first kappa shape index (κ1) is 25.1. The van der Waals surface area contributed by atoms with Gasteiger partial charge in [-0.2, -0.15) is 0 Å². The van der Waals surface area contributed by atoms with E-state index in [1.165, 1.54) is 0 Å². The molecule has 0 saturated heterocycles. The van der Waals surface area contributed by atoms with Crippen LogP contribution in [0, 0.1) is 0 Å². The van der Waals surface area contributed by atoms with Gasteiger partial charge in [0, 0.05) is 28.0 Å². The predicted molar refractivity (Wildman–Crippen MR) is 147 cm³/mol. The number of carbonyl (C=O) groups is 1. The minimum atomic E-state index is -0.474. The van der Waals surface area contributed by atoms with Gasteiger partial charge in [-0.15, -0.1) is 0 Å². The molecule has 0 aliphatic carbocycles. The number of H-pyrrole nitrogens is 1. The lowest BCUT2D eigenvalue weighted by atomic mass is 10.0. The van der Waals surface area contributed by atoms with Crippen molar-refractivity contribution in [2.45, 2.75) is 12.5 Å². The number of carbonyl (C=O) groups excluding carboxylic acids is 1. The number of amides is 1. The molecule has 0 saturated carbocycles. The van der Waals surface area contributed by atoms with Crippen LogP contribution in [0.3, 0.4) is 0 Å². The van der Waals surface area contributed by atoms with E-state index >= 15 is 0 Å². The van der Waals surface area contributed by atoms with E-state index < -0.39 is 6.04 Å². The van der Waals surface area contributed by atoms with Crippen molar-refractivity contribution in [3.8, 4) is 28.5 Å². The van der Waals surface area contributed by atoms with Crippen LogP contribution in [0.25, 0.3) is 33.1 Å². The molecule has 0 radical (unpaired) electrons. The molecule has 0 unspecified atom stereocenters. The number of pyridine rings is 1. The van der Waals surface area contributed by atoms with Crippen LogP contribution in [-0.4, -0.2) is 55.0 Å². The monoisotopic (exact) mass is 511 g/mol. The SMILES string of the molecule is COc1cc(-c2cc(C(=O)N[C@@H](CO)Cc3c[nH]c4ccccc34)c3ccccc3n2)cc(OC)c1OC. The zero-order valence-corrected chi connectivity index (χ0v) is 21.4. The van der Waals surface area contributed by atoms with Crippen molar-refractivity contribution in [1.82, 2.24) is 15.3 Å². The predicted octanol–water partition coefficient (Wildman–Crippen LogP) is 4.74. The van der Waals surface area contributed by atoms with Crippen molar-refractivity contribution in [2.75, 3.05) is 27.9 Å². The smallest absolute Gasteiger partial charge is 0.252 e. The highest BCUT2D eigenvalue weighted by Gasteiger charge is 2.21. The Balaban J connectivity index is 1.51. The maximum Gasteiger partial charge on any atom is 0.252 e. The third kappa shape index (κ3) is 4.73. The Hall–Kier alpha value is -4.56. The minimum Gasteiger partial charge on any atom is -0.493 e. The third-order valence-electron chi connectivity index (χ3n) is 6.62. The van der Waals surface area contributed by atoms with Crippen LogP contribution in [-0.2, 0) is 6.42 Å². The van der Waals surface area contributed by atoms with Crippen LogP contribution >= 0.6 is 0 Å². The molecule has 1 atom stereocenters. The molecule has 5 aromatic rings. The largest absolute Gasteiger partial charge is 0.493 e. The number of aliphatic hydroxyl groups excluding tert-OH is 1. The molecule has 0 aliphatic heterocycles. The van der Waals surface area contributed by atoms with Crippen LogP contribution in [0.1, 0.15) is 15.9 Å². The summed E-state index contributed by atoms with van der Waals surface area (Å²) >= 11 is 0. The topological polar surface area (TPSA) is 106 Å². The Bertz CT molecular complexity index is 1590. The Morgan fingerprint density at radius 3 is 2.32 bits per heavy atom. The maximum absolute atomic E-state index is 13.6. The lowest BCUT2D eigenvalue weighted by Crippen LogP contribution is -2.39. The molecular weight excluding hydrogens is 482 g/mol. The van der Waals surface area contributed by atoms with Gasteiger partial charge >= 0.3 is 0 Å². The molecule has 8 nitrogen and oxygen atoms in total. The zero-order chi connectivity index (χ0) is 26.6. The summed E-state index contributed by atoms with van der Waals surface area (Å²) in [5.41, 5.74) is 4.44. The number of nitrogens with one attached hydrogen (secondary N) is 2. The average molecular weight is 512 g/mol. The van der Waals surface area contributed by atoms with E-state index in [1.807, 2.05) is 54.7 Å². The fraction of sp³-hybridized carbons (Fsp3) is 0.200. The quantitative estimate of drug-likeness (QED) is 0.264. The molecule has 0 fully saturated rings. The number of ether oxygens (including phenoxy) is 3. The number of aromatic nitrogens is 2. The highest BCUT2D eigenvalue weighted by molar-refractivity contribution is 6.07. The summed E-state index contributed by atoms with van der Waals surface area (Å²) < 4.78 is 16.5. The van der Waals surface area contributed by atoms with Gasteiger partial charge in [-0.25, -0.2) is 4.98 Å². The fourth-order valence-corrected chi connectivity index (χ4v) is 4.73. The van der Waals surface area contributed by atoms with Crippen molar-refractivity contribution in [3.63, 3.8) is 0 Å². The molecule has 3 aromatic carbocycles. The summed E-state index contributed by atoms with van der Waals surface area (Å²) in [6.45, 7) is -0.200. The molecule has 1 amide bonds. The van der Waals surface area contributed by atoms with E-state index in [0.29, 0.717) is 51.4 Å². The molecule has 2 heterocycles. The van der Waals surface area contributed by atoms with E-state index in [9.17, 15) is 9.90 Å². The van der Waals surface area contributed by atoms with Gasteiger partial charge < -0.3 is 29.6 Å². The first-order valence-electron chi connectivity index (χ1n) is 12.2. The van der Waals surface area contributed by atoms with E-state index in [2.05, 4.69) is 10.3 Å². The molecule has 0 aliphatic rings. The van der Waals surface area contributed by atoms with Gasteiger partial charge in [-0.3, -0.25) is 4.79 Å². The van der Waals surface area contributed by atoms with Crippen LogP contribution < -0.4 is 19.5 Å². The van der Waals surface area contributed by atoms with Gasteiger partial charge in [0.15, 0.2) is 11.5 Å². The standard InChI is InChI=1S/C30H29N3O5/c1-36-27-13-18(14-28(37-2)29(27)38-3)26-15-23(22-9-5-7-11-25(22)33-26)30(35)32-20(17-34)12-19-16-31-24-10-6-4-8-21(19)24/h4-11,13-16,20,31,34H,12,17H2,1-3H3,(H,32,35)/t20-/m1/s1. The van der Waals surface area contributed by atoms with Crippen molar-refractivity contribution in [2.24, 2.45) is 0 Å². The number of hydrogen-bond acceptors (Lipinski definition) is 6. The number of para-hydroxylation sites is 2. The van der Waals surface area contributed by atoms with Gasteiger partial charge in [0.25, 0.3) is 5.91 Å². The van der Waals surface area contributed by atoms with E-state index in [0.717, 1.165) is 16.5 Å². The van der Waals surface area contributed by atoms with Crippen molar-refractivity contribution in [1.29, 1.82) is 0 Å². The van der Waals surface area contributed by atoms with Crippen LogP contribution in [0.4, 0.5) is 0 Å². The van der Waals surface area contributed by atoms with E-state index in [1.54, 1.807) is 39.5 Å². The average Bonchev–Trinajstić information content (AvgIpc) is 3.37. The number of methoxy groups -OCH3 is 3. The van der Waals surface area contributed by atoms with E-state index in [4.69, 9.17) is 19.2 Å².